The SMILES string of the molecule is Cn1cnc(CNC(=O)C(C)(C)c2ccc(N)cc2)n1. The van der Waals surface area contributed by atoms with Crippen LogP contribution in [-0.4, -0.2) is 20.7 Å². The molecule has 1 amide bonds. The number of carbonyl (C=O) groups is 1. The van der Waals surface area contributed by atoms with Gasteiger partial charge in [0.15, 0.2) is 5.82 Å². The van der Waals surface area contributed by atoms with E-state index in [1.807, 2.05) is 26.0 Å². The number of aromatic nitrogens is 3. The number of nitrogens with two attached hydrogens (primary N) is 1. The quantitative estimate of drug-likeness (QED) is 0.813. The molecular weight excluding hydrogens is 254 g/mol. The van der Waals surface area contributed by atoms with E-state index in [2.05, 4.69) is 15.4 Å². The van der Waals surface area contributed by atoms with Crippen LogP contribution in [0.1, 0.15) is 25.2 Å². The van der Waals surface area contributed by atoms with Crippen molar-refractivity contribution in [1.82, 2.24) is 20.1 Å². The second-order valence-electron chi connectivity index (χ2n) is 5.26. The van der Waals surface area contributed by atoms with Gasteiger partial charge in [-0.05, 0) is 31.5 Å². The van der Waals surface area contributed by atoms with Gasteiger partial charge >= 0.3 is 0 Å². The van der Waals surface area contributed by atoms with Crippen LogP contribution in [0.2, 0.25) is 0 Å². The number of hydrogen-bond donors (Lipinski definition) is 2. The smallest absolute Gasteiger partial charge is 0.230 e. The first kappa shape index (κ1) is 14.0. The molecule has 2 rings (SSSR count). The zero-order valence-electron chi connectivity index (χ0n) is 11.9. The number of hydrogen-bond acceptors (Lipinski definition) is 4. The van der Waals surface area contributed by atoms with Gasteiger partial charge in [-0.3, -0.25) is 9.48 Å². The summed E-state index contributed by atoms with van der Waals surface area (Å²) in [6, 6.07) is 7.33. The van der Waals surface area contributed by atoms with E-state index >= 15 is 0 Å². The van der Waals surface area contributed by atoms with Gasteiger partial charge in [-0.1, -0.05) is 12.1 Å². The van der Waals surface area contributed by atoms with Gasteiger partial charge in [0.1, 0.15) is 6.33 Å². The number of aryl methyl sites for hydroxylation is 1. The Morgan fingerprint density at radius 1 is 1.35 bits per heavy atom. The predicted molar refractivity (Wildman–Crippen MR) is 76.7 cm³/mol. The minimum Gasteiger partial charge on any atom is -0.399 e. The molecule has 1 aromatic heterocycles. The van der Waals surface area contributed by atoms with Crippen molar-refractivity contribution >= 4 is 11.6 Å². The van der Waals surface area contributed by atoms with Gasteiger partial charge in [0.05, 0.1) is 12.0 Å². The van der Waals surface area contributed by atoms with Crippen LogP contribution in [-0.2, 0) is 23.8 Å². The average molecular weight is 273 g/mol. The molecule has 0 fully saturated rings. The van der Waals surface area contributed by atoms with Gasteiger partial charge in [0, 0.05) is 12.7 Å². The summed E-state index contributed by atoms with van der Waals surface area (Å²) in [5.74, 6) is 0.517. The Hall–Kier alpha value is -2.37. The van der Waals surface area contributed by atoms with Gasteiger partial charge in [0.2, 0.25) is 5.91 Å². The minimum atomic E-state index is -0.636. The summed E-state index contributed by atoms with van der Waals surface area (Å²) in [7, 11) is 1.79. The molecule has 0 aliphatic rings. The molecule has 0 saturated heterocycles. The lowest BCUT2D eigenvalue weighted by atomic mass is 9.83. The van der Waals surface area contributed by atoms with Crippen molar-refractivity contribution in [3.05, 3.63) is 42.0 Å². The minimum absolute atomic E-state index is 0.0743. The Morgan fingerprint density at radius 3 is 2.55 bits per heavy atom. The predicted octanol–water partition coefficient (Wildman–Crippen LogP) is 0.991. The van der Waals surface area contributed by atoms with Crippen molar-refractivity contribution in [2.24, 2.45) is 7.05 Å². The number of anilines is 1. The van der Waals surface area contributed by atoms with E-state index in [4.69, 9.17) is 5.73 Å². The second-order valence-corrected chi connectivity index (χ2v) is 5.26. The lowest BCUT2D eigenvalue weighted by Gasteiger charge is -2.24. The molecule has 106 valence electrons. The molecule has 1 aromatic carbocycles. The maximum absolute atomic E-state index is 12.3. The topological polar surface area (TPSA) is 85.8 Å². The molecule has 20 heavy (non-hydrogen) atoms. The molecule has 0 unspecified atom stereocenters. The van der Waals surface area contributed by atoms with Crippen molar-refractivity contribution < 1.29 is 4.79 Å². The molecule has 2 aromatic rings. The van der Waals surface area contributed by atoms with E-state index in [-0.39, 0.29) is 5.91 Å². The number of rotatable bonds is 4. The summed E-state index contributed by atoms with van der Waals surface area (Å²) >= 11 is 0. The normalized spacial score (nSPS) is 11.3. The molecule has 0 bridgehead atoms. The van der Waals surface area contributed by atoms with Gasteiger partial charge < -0.3 is 11.1 Å². The summed E-state index contributed by atoms with van der Waals surface area (Å²) in [6.45, 7) is 4.07. The average Bonchev–Trinajstić information content (AvgIpc) is 2.82. The fourth-order valence-corrected chi connectivity index (χ4v) is 1.88. The highest BCUT2D eigenvalue weighted by atomic mass is 16.2. The highest BCUT2D eigenvalue weighted by Crippen LogP contribution is 2.24. The molecule has 1 heterocycles. The lowest BCUT2D eigenvalue weighted by Crippen LogP contribution is -2.39. The molecule has 3 N–H and O–H groups in total. The van der Waals surface area contributed by atoms with Crippen molar-refractivity contribution in [3.63, 3.8) is 0 Å². The van der Waals surface area contributed by atoms with Crippen LogP contribution in [0, 0.1) is 0 Å². The van der Waals surface area contributed by atoms with E-state index in [1.54, 1.807) is 30.2 Å². The molecule has 0 atom stereocenters. The Balaban J connectivity index is 2.05. The first-order valence-corrected chi connectivity index (χ1v) is 6.38. The van der Waals surface area contributed by atoms with E-state index in [0.29, 0.717) is 18.1 Å². The standard InChI is InChI=1S/C14H19N5O/c1-14(2,10-4-6-11(15)7-5-10)13(20)16-8-12-17-9-19(3)18-12/h4-7,9H,8,15H2,1-3H3,(H,16,20). The van der Waals surface area contributed by atoms with Crippen molar-refractivity contribution in [2.75, 3.05) is 5.73 Å². The van der Waals surface area contributed by atoms with Crippen LogP contribution in [0.25, 0.3) is 0 Å². The fourth-order valence-electron chi connectivity index (χ4n) is 1.88. The Bertz CT molecular complexity index is 600. The second kappa shape index (κ2) is 5.32. The molecule has 6 nitrogen and oxygen atoms in total. The van der Waals surface area contributed by atoms with Crippen molar-refractivity contribution in [2.45, 2.75) is 25.8 Å². The molecule has 0 aliphatic carbocycles. The van der Waals surface area contributed by atoms with Crippen molar-refractivity contribution in [3.8, 4) is 0 Å². The van der Waals surface area contributed by atoms with Crippen LogP contribution < -0.4 is 11.1 Å². The molecule has 0 aliphatic heterocycles. The Labute approximate surface area is 118 Å². The number of benzene rings is 1. The molecule has 0 radical (unpaired) electrons. The Kier molecular flexibility index (Phi) is 3.74. The zero-order chi connectivity index (χ0) is 14.8. The summed E-state index contributed by atoms with van der Waals surface area (Å²) < 4.78 is 1.60. The van der Waals surface area contributed by atoms with Gasteiger partial charge in [-0.15, -0.1) is 0 Å². The number of carbonyl (C=O) groups excluding carboxylic acids is 1. The molecule has 0 saturated carbocycles. The van der Waals surface area contributed by atoms with E-state index in [0.717, 1.165) is 5.56 Å². The summed E-state index contributed by atoms with van der Waals surface area (Å²) in [4.78, 5) is 16.4. The third kappa shape index (κ3) is 2.96. The van der Waals surface area contributed by atoms with Crippen LogP contribution in [0.4, 0.5) is 5.69 Å². The summed E-state index contributed by atoms with van der Waals surface area (Å²) in [5.41, 5.74) is 6.63. The summed E-state index contributed by atoms with van der Waals surface area (Å²) in [6.07, 6.45) is 1.60. The van der Waals surface area contributed by atoms with E-state index < -0.39 is 5.41 Å². The van der Waals surface area contributed by atoms with E-state index in [9.17, 15) is 4.79 Å². The maximum atomic E-state index is 12.3. The number of nitrogens with one attached hydrogen (secondary N) is 1. The van der Waals surface area contributed by atoms with Crippen LogP contribution in [0.15, 0.2) is 30.6 Å². The van der Waals surface area contributed by atoms with Gasteiger partial charge in [-0.2, -0.15) is 5.10 Å². The largest absolute Gasteiger partial charge is 0.399 e. The highest BCUT2D eigenvalue weighted by Gasteiger charge is 2.29. The number of nitrogen functional groups attached to an aromatic ring is 1. The first-order chi connectivity index (χ1) is 9.39. The van der Waals surface area contributed by atoms with Crippen LogP contribution >= 0.6 is 0 Å². The zero-order valence-corrected chi connectivity index (χ0v) is 11.9. The van der Waals surface area contributed by atoms with Crippen molar-refractivity contribution in [1.29, 1.82) is 0 Å². The summed E-state index contributed by atoms with van der Waals surface area (Å²) in [5, 5.41) is 6.98. The maximum Gasteiger partial charge on any atom is 0.230 e. The fraction of sp³-hybridized carbons (Fsp3) is 0.357. The van der Waals surface area contributed by atoms with Crippen LogP contribution in [0.3, 0.4) is 0 Å². The third-order valence-corrected chi connectivity index (χ3v) is 3.25. The van der Waals surface area contributed by atoms with Gasteiger partial charge in [0.25, 0.3) is 0 Å². The number of amides is 1. The molecular formula is C14H19N5O. The first-order valence-electron chi connectivity index (χ1n) is 6.38. The molecule has 6 heteroatoms. The van der Waals surface area contributed by atoms with Gasteiger partial charge in [-0.25, -0.2) is 4.98 Å². The van der Waals surface area contributed by atoms with E-state index in [1.165, 1.54) is 0 Å². The lowest BCUT2D eigenvalue weighted by molar-refractivity contribution is -0.125. The monoisotopic (exact) mass is 273 g/mol. The van der Waals surface area contributed by atoms with Crippen LogP contribution in [0.5, 0.6) is 0 Å². The Morgan fingerprint density at radius 2 is 2.00 bits per heavy atom. The molecule has 0 spiro atoms. The highest BCUT2D eigenvalue weighted by molar-refractivity contribution is 5.87. The third-order valence-electron chi connectivity index (χ3n) is 3.25. The number of nitrogens with zero attached hydrogens (tertiary/aromatic N) is 3.